The smallest absolute Gasteiger partial charge is 0.133 e. The van der Waals surface area contributed by atoms with Gasteiger partial charge in [-0.2, -0.15) is 5.26 Å². The number of rotatable bonds is 3. The number of hydrogen-bond donors (Lipinski definition) is 0. The molecule has 1 aromatic carbocycles. The highest BCUT2D eigenvalue weighted by Gasteiger charge is 2.23. The van der Waals surface area contributed by atoms with E-state index in [2.05, 4.69) is 39.0 Å². The van der Waals surface area contributed by atoms with Crippen molar-refractivity contribution in [3.05, 3.63) is 28.2 Å². The Balaban J connectivity index is 2.09. The van der Waals surface area contributed by atoms with Crippen LogP contribution in [0.4, 0.5) is 0 Å². The van der Waals surface area contributed by atoms with Gasteiger partial charge in [0.25, 0.3) is 0 Å². The van der Waals surface area contributed by atoms with Crippen LogP contribution in [-0.2, 0) is 6.54 Å². The van der Waals surface area contributed by atoms with Crippen molar-refractivity contribution in [2.45, 2.75) is 25.4 Å². The number of hydrogen-bond acceptors (Lipinski definition) is 3. The van der Waals surface area contributed by atoms with E-state index in [0.717, 1.165) is 36.2 Å². The molecular weight excluding hydrogens is 280 g/mol. The molecule has 0 amide bonds. The standard InChI is InChI=1S/C13H15BrN2O/c1-17-13-5-4-10(7-12(13)14)9-16-6-2-3-11(16)8-15/h4-5,7,11H,2-3,6,9H2,1H3. The lowest BCUT2D eigenvalue weighted by Gasteiger charge is -2.19. The predicted octanol–water partition coefficient (Wildman–Crippen LogP) is 2.95. The van der Waals surface area contributed by atoms with Crippen LogP contribution in [0.5, 0.6) is 5.75 Å². The third-order valence-corrected chi connectivity index (χ3v) is 3.73. The highest BCUT2D eigenvalue weighted by molar-refractivity contribution is 9.10. The largest absolute Gasteiger partial charge is 0.496 e. The van der Waals surface area contributed by atoms with Crippen molar-refractivity contribution >= 4 is 15.9 Å². The molecule has 17 heavy (non-hydrogen) atoms. The highest BCUT2D eigenvalue weighted by atomic mass is 79.9. The summed E-state index contributed by atoms with van der Waals surface area (Å²) in [6.07, 6.45) is 2.11. The van der Waals surface area contributed by atoms with E-state index in [0.29, 0.717) is 0 Å². The first-order chi connectivity index (χ1) is 8.24. The van der Waals surface area contributed by atoms with E-state index in [4.69, 9.17) is 10.00 Å². The molecule has 1 atom stereocenters. The van der Waals surface area contributed by atoms with E-state index < -0.39 is 0 Å². The van der Waals surface area contributed by atoms with Crippen LogP contribution >= 0.6 is 15.9 Å². The molecule has 2 rings (SSSR count). The Morgan fingerprint density at radius 2 is 2.41 bits per heavy atom. The fraction of sp³-hybridized carbons (Fsp3) is 0.462. The second-order valence-electron chi connectivity index (χ2n) is 4.23. The summed E-state index contributed by atoms with van der Waals surface area (Å²) < 4.78 is 6.16. The van der Waals surface area contributed by atoms with Crippen LogP contribution in [0.25, 0.3) is 0 Å². The topological polar surface area (TPSA) is 36.3 Å². The fourth-order valence-corrected chi connectivity index (χ4v) is 2.79. The van der Waals surface area contributed by atoms with Crippen molar-refractivity contribution in [2.75, 3.05) is 13.7 Å². The lowest BCUT2D eigenvalue weighted by Crippen LogP contribution is -2.27. The molecule has 0 N–H and O–H groups in total. The summed E-state index contributed by atoms with van der Waals surface area (Å²) >= 11 is 3.48. The average molecular weight is 295 g/mol. The molecule has 90 valence electrons. The second kappa shape index (κ2) is 5.52. The summed E-state index contributed by atoms with van der Waals surface area (Å²) in [6, 6.07) is 8.51. The van der Waals surface area contributed by atoms with E-state index in [-0.39, 0.29) is 6.04 Å². The van der Waals surface area contributed by atoms with Gasteiger partial charge < -0.3 is 4.74 Å². The Morgan fingerprint density at radius 3 is 3.06 bits per heavy atom. The summed E-state index contributed by atoms with van der Waals surface area (Å²) in [5.41, 5.74) is 1.21. The summed E-state index contributed by atoms with van der Waals surface area (Å²) in [6.45, 7) is 1.85. The van der Waals surface area contributed by atoms with Gasteiger partial charge in [0.1, 0.15) is 5.75 Å². The van der Waals surface area contributed by atoms with Gasteiger partial charge in [-0.3, -0.25) is 4.90 Å². The van der Waals surface area contributed by atoms with Crippen LogP contribution < -0.4 is 4.74 Å². The molecule has 0 radical (unpaired) electrons. The molecule has 0 aromatic heterocycles. The van der Waals surface area contributed by atoms with Gasteiger partial charge in [-0.15, -0.1) is 0 Å². The van der Waals surface area contributed by atoms with Crippen LogP contribution in [0, 0.1) is 11.3 Å². The molecule has 1 unspecified atom stereocenters. The minimum atomic E-state index is 0.0795. The van der Waals surface area contributed by atoms with E-state index in [1.54, 1.807) is 7.11 Å². The summed E-state index contributed by atoms with van der Waals surface area (Å²) in [5, 5.41) is 9.03. The number of nitrogens with zero attached hydrogens (tertiary/aromatic N) is 2. The number of likely N-dealkylation sites (tertiary alicyclic amines) is 1. The molecule has 0 aliphatic carbocycles. The van der Waals surface area contributed by atoms with E-state index in [1.165, 1.54) is 5.56 Å². The molecule has 1 aromatic rings. The zero-order valence-electron chi connectivity index (χ0n) is 9.82. The van der Waals surface area contributed by atoms with Gasteiger partial charge in [0.05, 0.1) is 23.7 Å². The fourth-order valence-electron chi connectivity index (χ4n) is 2.20. The number of nitriles is 1. The summed E-state index contributed by atoms with van der Waals surface area (Å²) in [4.78, 5) is 2.23. The maximum atomic E-state index is 9.03. The van der Waals surface area contributed by atoms with Gasteiger partial charge in [0, 0.05) is 6.54 Å². The van der Waals surface area contributed by atoms with Crippen LogP contribution in [0.3, 0.4) is 0 Å². The Labute approximate surface area is 110 Å². The second-order valence-corrected chi connectivity index (χ2v) is 5.08. The van der Waals surface area contributed by atoms with Crippen molar-refractivity contribution in [3.8, 4) is 11.8 Å². The Morgan fingerprint density at radius 1 is 1.59 bits per heavy atom. The molecular formula is C13H15BrN2O. The van der Waals surface area contributed by atoms with Crippen molar-refractivity contribution in [1.29, 1.82) is 5.26 Å². The SMILES string of the molecule is COc1ccc(CN2CCCC2C#N)cc1Br. The van der Waals surface area contributed by atoms with Gasteiger partial charge in [0.2, 0.25) is 0 Å². The summed E-state index contributed by atoms with van der Waals surface area (Å²) in [5.74, 6) is 0.840. The lowest BCUT2D eigenvalue weighted by atomic mass is 10.2. The Bertz CT molecular complexity index is 442. The quantitative estimate of drug-likeness (QED) is 0.860. The Hall–Kier alpha value is -1.05. The average Bonchev–Trinajstić information content (AvgIpc) is 2.76. The van der Waals surface area contributed by atoms with Gasteiger partial charge in [0.15, 0.2) is 0 Å². The number of methoxy groups -OCH3 is 1. The highest BCUT2D eigenvalue weighted by Crippen LogP contribution is 2.27. The summed E-state index contributed by atoms with van der Waals surface area (Å²) in [7, 11) is 1.66. The molecule has 3 nitrogen and oxygen atoms in total. The minimum Gasteiger partial charge on any atom is -0.496 e. The normalized spacial score (nSPS) is 20.2. The van der Waals surface area contributed by atoms with Crippen molar-refractivity contribution in [2.24, 2.45) is 0 Å². The molecule has 1 fully saturated rings. The first kappa shape index (κ1) is 12.4. The van der Waals surface area contributed by atoms with E-state index in [9.17, 15) is 0 Å². The van der Waals surface area contributed by atoms with Crippen LogP contribution in [-0.4, -0.2) is 24.6 Å². The van der Waals surface area contributed by atoms with E-state index in [1.807, 2.05) is 6.07 Å². The number of ether oxygens (including phenoxy) is 1. The van der Waals surface area contributed by atoms with Gasteiger partial charge in [-0.1, -0.05) is 6.07 Å². The molecule has 1 aliphatic heterocycles. The molecule has 0 spiro atoms. The first-order valence-corrected chi connectivity index (χ1v) is 6.50. The van der Waals surface area contributed by atoms with Gasteiger partial charge in [-0.25, -0.2) is 0 Å². The maximum Gasteiger partial charge on any atom is 0.133 e. The minimum absolute atomic E-state index is 0.0795. The molecule has 1 saturated heterocycles. The molecule has 1 heterocycles. The van der Waals surface area contributed by atoms with Crippen molar-refractivity contribution in [1.82, 2.24) is 4.90 Å². The lowest BCUT2D eigenvalue weighted by molar-refractivity contribution is 0.286. The third kappa shape index (κ3) is 2.80. The van der Waals surface area contributed by atoms with Crippen LogP contribution in [0.15, 0.2) is 22.7 Å². The number of halogens is 1. The van der Waals surface area contributed by atoms with Crippen LogP contribution in [0.2, 0.25) is 0 Å². The van der Waals surface area contributed by atoms with Crippen LogP contribution in [0.1, 0.15) is 18.4 Å². The van der Waals surface area contributed by atoms with Crippen molar-refractivity contribution < 1.29 is 4.74 Å². The monoisotopic (exact) mass is 294 g/mol. The third-order valence-electron chi connectivity index (χ3n) is 3.11. The zero-order valence-corrected chi connectivity index (χ0v) is 11.4. The Kier molecular flexibility index (Phi) is 4.03. The maximum absolute atomic E-state index is 9.03. The molecule has 1 aliphatic rings. The molecule has 0 saturated carbocycles. The van der Waals surface area contributed by atoms with E-state index >= 15 is 0 Å². The first-order valence-electron chi connectivity index (χ1n) is 5.70. The predicted molar refractivity (Wildman–Crippen MR) is 69.7 cm³/mol. The van der Waals surface area contributed by atoms with Gasteiger partial charge in [-0.05, 0) is 53.0 Å². The van der Waals surface area contributed by atoms with Crippen molar-refractivity contribution in [3.63, 3.8) is 0 Å². The molecule has 0 bridgehead atoms. The molecule has 4 heteroatoms. The number of benzene rings is 1. The van der Waals surface area contributed by atoms with Gasteiger partial charge >= 0.3 is 0 Å². The zero-order chi connectivity index (χ0) is 12.3.